The maximum atomic E-state index is 13.0. The summed E-state index contributed by atoms with van der Waals surface area (Å²) in [6.07, 6.45) is 5.43. The first-order valence-corrected chi connectivity index (χ1v) is 14.4. The molecule has 0 saturated carbocycles. The van der Waals surface area contributed by atoms with Gasteiger partial charge in [-0.25, -0.2) is 9.97 Å². The van der Waals surface area contributed by atoms with Crippen LogP contribution in [0.4, 0.5) is 17.2 Å². The molecule has 0 bridgehead atoms. The van der Waals surface area contributed by atoms with Gasteiger partial charge in [-0.2, -0.15) is 0 Å². The van der Waals surface area contributed by atoms with Crippen LogP contribution in [0.2, 0.25) is 0 Å². The average Bonchev–Trinajstić information content (AvgIpc) is 3.50. The Kier molecular flexibility index (Phi) is 7.57. The van der Waals surface area contributed by atoms with Crippen molar-refractivity contribution in [2.24, 2.45) is 0 Å². The largest absolute Gasteiger partial charge is 0.353 e. The third-order valence-corrected chi connectivity index (χ3v) is 7.52. The molecule has 1 aliphatic heterocycles. The molecule has 0 atom stereocenters. The number of piperazine rings is 1. The van der Waals surface area contributed by atoms with Crippen molar-refractivity contribution >= 4 is 40.6 Å². The van der Waals surface area contributed by atoms with Gasteiger partial charge in [0.05, 0.1) is 12.2 Å². The van der Waals surface area contributed by atoms with Gasteiger partial charge < -0.3 is 25.3 Å². The lowest BCUT2D eigenvalue weighted by Gasteiger charge is -2.26. The Balaban J connectivity index is 1.21. The summed E-state index contributed by atoms with van der Waals surface area (Å²) in [7, 11) is 0. The zero-order chi connectivity index (χ0) is 30.8. The van der Waals surface area contributed by atoms with Crippen LogP contribution in [-0.4, -0.2) is 56.6 Å². The molecule has 3 aromatic carbocycles. The molecule has 0 unspecified atom stereocenters. The van der Waals surface area contributed by atoms with Crippen molar-refractivity contribution in [3.05, 3.63) is 108 Å². The molecule has 1 saturated heterocycles. The third kappa shape index (κ3) is 6.14. The summed E-state index contributed by atoms with van der Waals surface area (Å²) < 4.78 is 1.88. The quantitative estimate of drug-likeness (QED) is 0.249. The molecular formula is C34H33N7O3. The molecule has 3 heterocycles. The van der Waals surface area contributed by atoms with Crippen LogP contribution >= 0.6 is 0 Å². The first kappa shape index (κ1) is 28.6. The number of fused-ring (bicyclic) bond motifs is 1. The SMILES string of the molecule is CC(C)(C)c1ccc(C(=O)Nc2cccc(-c3cn4ccnc4c(Nc4ccc(C(=O)N5CCNC(=O)C5)cc4)n3)c2)cc1. The monoisotopic (exact) mass is 587 g/mol. The van der Waals surface area contributed by atoms with Gasteiger partial charge in [-0.05, 0) is 59.5 Å². The van der Waals surface area contributed by atoms with Crippen LogP contribution in [0.25, 0.3) is 16.9 Å². The summed E-state index contributed by atoms with van der Waals surface area (Å²) >= 11 is 0. The lowest BCUT2D eigenvalue weighted by atomic mass is 9.87. The molecule has 44 heavy (non-hydrogen) atoms. The van der Waals surface area contributed by atoms with E-state index in [2.05, 4.69) is 41.7 Å². The topological polar surface area (TPSA) is 121 Å². The van der Waals surface area contributed by atoms with Gasteiger partial charge in [0.2, 0.25) is 5.91 Å². The number of amides is 3. The van der Waals surface area contributed by atoms with Crippen LogP contribution < -0.4 is 16.0 Å². The zero-order valence-electron chi connectivity index (χ0n) is 24.8. The van der Waals surface area contributed by atoms with Gasteiger partial charge in [0.25, 0.3) is 11.8 Å². The second-order valence-electron chi connectivity index (χ2n) is 11.8. The van der Waals surface area contributed by atoms with Crippen LogP contribution in [0.3, 0.4) is 0 Å². The number of nitrogens with zero attached hydrogens (tertiary/aromatic N) is 4. The number of carbonyl (C=O) groups excluding carboxylic acids is 3. The summed E-state index contributed by atoms with van der Waals surface area (Å²) in [5, 5.41) is 9.06. The van der Waals surface area contributed by atoms with Gasteiger partial charge in [-0.15, -0.1) is 0 Å². The molecule has 0 spiro atoms. The summed E-state index contributed by atoms with van der Waals surface area (Å²) in [5.74, 6) is 0.00793. The highest BCUT2D eigenvalue weighted by molar-refractivity contribution is 6.04. The Hall–Kier alpha value is -5.51. The van der Waals surface area contributed by atoms with E-state index < -0.39 is 0 Å². The standard InChI is InChI=1S/C34H33N7O3/c1-34(2,3)25-11-7-22(8-12-25)32(43)38-27-6-4-5-24(19-27)28-20-40-17-16-36-31(40)30(39-28)37-26-13-9-23(10-14-26)33(44)41-18-15-35-29(42)21-41/h4-14,16-17,19-20H,15,18,21H2,1-3H3,(H,35,42)(H,37,39)(H,38,43). The Morgan fingerprint density at radius 3 is 2.41 bits per heavy atom. The van der Waals surface area contributed by atoms with Gasteiger partial charge in [0, 0.05) is 59.7 Å². The number of rotatable bonds is 6. The van der Waals surface area contributed by atoms with Crippen molar-refractivity contribution in [1.82, 2.24) is 24.6 Å². The normalized spacial score (nSPS) is 13.4. The molecule has 0 radical (unpaired) electrons. The van der Waals surface area contributed by atoms with Gasteiger partial charge >= 0.3 is 0 Å². The molecule has 5 aromatic rings. The number of aromatic nitrogens is 3. The second kappa shape index (κ2) is 11.6. The van der Waals surface area contributed by atoms with Crippen LogP contribution in [0.5, 0.6) is 0 Å². The molecule has 6 rings (SSSR count). The fourth-order valence-electron chi connectivity index (χ4n) is 5.06. The molecule has 3 N–H and O–H groups in total. The number of benzene rings is 3. The molecule has 1 fully saturated rings. The van der Waals surface area contributed by atoms with Crippen molar-refractivity contribution in [3.8, 4) is 11.3 Å². The first-order chi connectivity index (χ1) is 21.1. The van der Waals surface area contributed by atoms with Crippen LogP contribution in [0.1, 0.15) is 47.1 Å². The van der Waals surface area contributed by atoms with Crippen molar-refractivity contribution in [3.63, 3.8) is 0 Å². The van der Waals surface area contributed by atoms with Crippen LogP contribution in [0.15, 0.2) is 91.4 Å². The highest BCUT2D eigenvalue weighted by Gasteiger charge is 2.22. The van der Waals surface area contributed by atoms with Crippen molar-refractivity contribution in [2.45, 2.75) is 26.2 Å². The van der Waals surface area contributed by atoms with Crippen molar-refractivity contribution in [1.29, 1.82) is 0 Å². The minimum absolute atomic E-state index is 0.0104. The lowest BCUT2D eigenvalue weighted by molar-refractivity contribution is -0.123. The first-order valence-electron chi connectivity index (χ1n) is 14.4. The van der Waals surface area contributed by atoms with Crippen LogP contribution in [0, 0.1) is 0 Å². The second-order valence-corrected chi connectivity index (χ2v) is 11.8. The van der Waals surface area contributed by atoms with E-state index >= 15 is 0 Å². The van der Waals surface area contributed by atoms with E-state index in [4.69, 9.17) is 4.98 Å². The molecule has 222 valence electrons. The average molecular weight is 588 g/mol. The minimum atomic E-state index is -0.187. The predicted molar refractivity (Wildman–Crippen MR) is 170 cm³/mol. The van der Waals surface area contributed by atoms with Gasteiger partial charge in [0.15, 0.2) is 11.5 Å². The number of nitrogens with one attached hydrogen (secondary N) is 3. The van der Waals surface area contributed by atoms with E-state index in [1.165, 1.54) is 5.56 Å². The lowest BCUT2D eigenvalue weighted by Crippen LogP contribution is -2.49. The Morgan fingerprint density at radius 2 is 1.68 bits per heavy atom. The summed E-state index contributed by atoms with van der Waals surface area (Å²) in [6.45, 7) is 7.41. The van der Waals surface area contributed by atoms with Crippen LogP contribution in [-0.2, 0) is 10.2 Å². The van der Waals surface area contributed by atoms with E-state index in [-0.39, 0.29) is 29.7 Å². The van der Waals surface area contributed by atoms with Gasteiger partial charge in [-0.3, -0.25) is 14.4 Å². The van der Waals surface area contributed by atoms with Gasteiger partial charge in [0.1, 0.15) is 0 Å². The number of carbonyl (C=O) groups is 3. The fourth-order valence-corrected chi connectivity index (χ4v) is 5.06. The minimum Gasteiger partial charge on any atom is -0.353 e. The third-order valence-electron chi connectivity index (χ3n) is 7.52. The Bertz CT molecular complexity index is 1860. The highest BCUT2D eigenvalue weighted by atomic mass is 16.2. The predicted octanol–water partition coefficient (Wildman–Crippen LogP) is 5.26. The smallest absolute Gasteiger partial charge is 0.255 e. The molecule has 10 nitrogen and oxygen atoms in total. The van der Waals surface area contributed by atoms with E-state index in [9.17, 15) is 14.4 Å². The molecular weight excluding hydrogens is 554 g/mol. The van der Waals surface area contributed by atoms with Gasteiger partial charge in [-0.1, -0.05) is 45.0 Å². The molecule has 0 aliphatic carbocycles. The summed E-state index contributed by atoms with van der Waals surface area (Å²) in [5.41, 5.74) is 5.78. The molecule has 3 amide bonds. The Morgan fingerprint density at radius 1 is 0.932 bits per heavy atom. The van der Waals surface area contributed by atoms with Crippen molar-refractivity contribution < 1.29 is 14.4 Å². The zero-order valence-corrected chi connectivity index (χ0v) is 24.8. The highest BCUT2D eigenvalue weighted by Crippen LogP contribution is 2.27. The van der Waals surface area contributed by atoms with Crippen molar-refractivity contribution in [2.75, 3.05) is 30.3 Å². The molecule has 1 aliphatic rings. The number of hydrogen-bond acceptors (Lipinski definition) is 6. The Labute approximate surface area is 255 Å². The van der Waals surface area contributed by atoms with E-state index in [0.29, 0.717) is 47.1 Å². The molecule has 10 heteroatoms. The van der Waals surface area contributed by atoms with E-state index in [0.717, 1.165) is 11.3 Å². The summed E-state index contributed by atoms with van der Waals surface area (Å²) in [4.78, 5) is 48.4. The van der Waals surface area contributed by atoms with E-state index in [1.54, 1.807) is 35.4 Å². The number of anilines is 3. The fraction of sp³-hybridized carbons (Fsp3) is 0.206. The number of imidazole rings is 1. The summed E-state index contributed by atoms with van der Waals surface area (Å²) in [6, 6.07) is 22.3. The maximum absolute atomic E-state index is 13.0. The maximum Gasteiger partial charge on any atom is 0.255 e. The number of hydrogen-bond donors (Lipinski definition) is 3. The van der Waals surface area contributed by atoms with E-state index in [1.807, 2.05) is 65.3 Å². The molecule has 2 aromatic heterocycles.